The van der Waals surface area contributed by atoms with E-state index in [0.29, 0.717) is 5.56 Å². The van der Waals surface area contributed by atoms with Crippen molar-refractivity contribution in [1.29, 1.82) is 0 Å². The van der Waals surface area contributed by atoms with E-state index in [1.54, 1.807) is 12.1 Å². The van der Waals surface area contributed by atoms with Gasteiger partial charge in [0.1, 0.15) is 12.7 Å². The van der Waals surface area contributed by atoms with Gasteiger partial charge in [-0.1, -0.05) is 0 Å². The molecule has 1 saturated heterocycles. The largest absolute Gasteiger partial charge is 0.509 e. The van der Waals surface area contributed by atoms with Gasteiger partial charge in [0.2, 0.25) is 0 Å². The van der Waals surface area contributed by atoms with Gasteiger partial charge in [0, 0.05) is 12.1 Å². The molecule has 0 N–H and O–H groups in total. The van der Waals surface area contributed by atoms with Crippen LogP contribution in [0.25, 0.3) is 0 Å². The Morgan fingerprint density at radius 2 is 1.95 bits per heavy atom. The number of carbonyl (C=O) groups is 1. The molecule has 1 aliphatic heterocycles. The molecule has 0 spiro atoms. The molecule has 102 valence electrons. The number of cyclic esters (lactones) is 2. The third-order valence-corrected chi connectivity index (χ3v) is 3.04. The van der Waals surface area contributed by atoms with E-state index >= 15 is 0 Å². The van der Waals surface area contributed by atoms with Gasteiger partial charge in [0.15, 0.2) is 0 Å². The highest BCUT2D eigenvalue weighted by atomic mass is 16.7. The van der Waals surface area contributed by atoms with E-state index in [1.807, 2.05) is 19.0 Å². The van der Waals surface area contributed by atoms with Gasteiger partial charge in [-0.2, -0.15) is 0 Å². The van der Waals surface area contributed by atoms with Crippen LogP contribution < -0.4 is 0 Å². The summed E-state index contributed by atoms with van der Waals surface area (Å²) in [6, 6.07) is 5.85. The van der Waals surface area contributed by atoms with Crippen molar-refractivity contribution in [2.45, 2.75) is 12.1 Å². The molecule has 0 unspecified atom stereocenters. The molecule has 0 aliphatic carbocycles. The predicted molar refractivity (Wildman–Crippen MR) is 65.7 cm³/mol. The van der Waals surface area contributed by atoms with Crippen molar-refractivity contribution in [3.8, 4) is 0 Å². The summed E-state index contributed by atoms with van der Waals surface area (Å²) in [5.74, 6) is 0. The first-order valence-electron chi connectivity index (χ1n) is 5.73. The highest BCUT2D eigenvalue weighted by Gasteiger charge is 2.35. The number of nitrogens with zero attached hydrogens (tertiary/aromatic N) is 2. The van der Waals surface area contributed by atoms with E-state index in [2.05, 4.69) is 0 Å². The molecule has 0 aromatic heterocycles. The maximum Gasteiger partial charge on any atom is 0.509 e. The monoisotopic (exact) mass is 266 g/mol. The van der Waals surface area contributed by atoms with Crippen molar-refractivity contribution in [1.82, 2.24) is 4.90 Å². The van der Waals surface area contributed by atoms with Crippen molar-refractivity contribution in [3.05, 3.63) is 39.9 Å². The lowest BCUT2D eigenvalue weighted by Gasteiger charge is -2.34. The summed E-state index contributed by atoms with van der Waals surface area (Å²) in [6.45, 7) is 0.230. The summed E-state index contributed by atoms with van der Waals surface area (Å²) < 4.78 is 10.0. The van der Waals surface area contributed by atoms with Crippen LogP contribution in [0.1, 0.15) is 11.7 Å². The van der Waals surface area contributed by atoms with Crippen molar-refractivity contribution >= 4 is 11.8 Å². The Kier molecular flexibility index (Phi) is 3.66. The number of ether oxygens (including phenoxy) is 2. The fourth-order valence-electron chi connectivity index (χ4n) is 1.95. The van der Waals surface area contributed by atoms with Crippen molar-refractivity contribution < 1.29 is 19.2 Å². The predicted octanol–water partition coefficient (Wildman–Crippen LogP) is 1.73. The lowest BCUT2D eigenvalue weighted by atomic mass is 10.0. The zero-order valence-electron chi connectivity index (χ0n) is 10.6. The summed E-state index contributed by atoms with van der Waals surface area (Å²) >= 11 is 0. The van der Waals surface area contributed by atoms with Crippen LogP contribution in [0.4, 0.5) is 10.5 Å². The molecule has 0 amide bonds. The summed E-state index contributed by atoms with van der Waals surface area (Å²) in [6.07, 6.45) is -1.21. The Balaban J connectivity index is 2.25. The van der Waals surface area contributed by atoms with Crippen LogP contribution in [-0.2, 0) is 9.47 Å². The summed E-state index contributed by atoms with van der Waals surface area (Å²) in [7, 11) is 3.71. The van der Waals surface area contributed by atoms with Crippen molar-refractivity contribution in [2.75, 3.05) is 20.7 Å². The molecule has 0 radical (unpaired) electrons. The van der Waals surface area contributed by atoms with E-state index in [9.17, 15) is 14.9 Å². The molecule has 2 rings (SSSR count). The van der Waals surface area contributed by atoms with E-state index in [4.69, 9.17) is 9.47 Å². The first kappa shape index (κ1) is 13.3. The molecule has 1 heterocycles. The molecule has 0 saturated carbocycles. The van der Waals surface area contributed by atoms with Gasteiger partial charge in [0.25, 0.3) is 5.69 Å². The average molecular weight is 266 g/mol. The summed E-state index contributed by atoms with van der Waals surface area (Å²) in [5, 5.41) is 10.6. The SMILES string of the molecule is CN(C)[C@H]1COC(=O)O[C@@H]1c1ccc([N+](=O)[O-])cc1. The smallest absolute Gasteiger partial charge is 0.432 e. The second-order valence-corrected chi connectivity index (χ2v) is 4.48. The number of non-ortho nitro benzene ring substituents is 1. The van der Waals surface area contributed by atoms with Gasteiger partial charge >= 0.3 is 6.16 Å². The lowest BCUT2D eigenvalue weighted by molar-refractivity contribution is -0.384. The molecule has 1 aliphatic rings. The van der Waals surface area contributed by atoms with Crippen LogP contribution in [0.5, 0.6) is 0 Å². The molecular weight excluding hydrogens is 252 g/mol. The minimum absolute atomic E-state index is 0.00328. The minimum atomic E-state index is -0.721. The average Bonchev–Trinajstić information content (AvgIpc) is 2.38. The zero-order chi connectivity index (χ0) is 14.0. The van der Waals surface area contributed by atoms with Crippen LogP contribution in [0.2, 0.25) is 0 Å². The lowest BCUT2D eigenvalue weighted by Crippen LogP contribution is -2.44. The number of hydrogen-bond acceptors (Lipinski definition) is 6. The first-order valence-corrected chi connectivity index (χ1v) is 5.73. The van der Waals surface area contributed by atoms with E-state index in [-0.39, 0.29) is 18.3 Å². The first-order chi connectivity index (χ1) is 8.99. The quantitative estimate of drug-likeness (QED) is 0.471. The van der Waals surface area contributed by atoms with Gasteiger partial charge in [-0.05, 0) is 31.8 Å². The second-order valence-electron chi connectivity index (χ2n) is 4.48. The van der Waals surface area contributed by atoms with E-state index in [0.717, 1.165) is 0 Å². The van der Waals surface area contributed by atoms with Crippen LogP contribution in [-0.4, -0.2) is 42.7 Å². The van der Waals surface area contributed by atoms with Crippen molar-refractivity contribution in [3.63, 3.8) is 0 Å². The number of hydrogen-bond donors (Lipinski definition) is 0. The highest BCUT2D eigenvalue weighted by Crippen LogP contribution is 2.29. The van der Waals surface area contributed by atoms with E-state index < -0.39 is 17.2 Å². The number of likely N-dealkylation sites (N-methyl/N-ethyl adjacent to an activating group) is 1. The summed E-state index contributed by atoms with van der Waals surface area (Å²) in [5.41, 5.74) is 0.712. The Bertz CT molecular complexity index is 485. The van der Waals surface area contributed by atoms with Gasteiger partial charge in [-0.15, -0.1) is 0 Å². The third kappa shape index (κ3) is 2.82. The number of rotatable bonds is 3. The van der Waals surface area contributed by atoms with Gasteiger partial charge in [-0.3, -0.25) is 15.0 Å². The normalized spacial score (nSPS) is 22.8. The molecule has 19 heavy (non-hydrogen) atoms. The maximum absolute atomic E-state index is 11.2. The standard InChI is InChI=1S/C12H14N2O5/c1-13(2)10-7-18-12(15)19-11(10)8-3-5-9(6-4-8)14(16)17/h3-6,10-11H,7H2,1-2H3/t10-,11+/m0/s1. The van der Waals surface area contributed by atoms with Crippen LogP contribution in [0.3, 0.4) is 0 Å². The topological polar surface area (TPSA) is 81.9 Å². The van der Waals surface area contributed by atoms with Gasteiger partial charge < -0.3 is 9.47 Å². The van der Waals surface area contributed by atoms with Gasteiger partial charge in [0.05, 0.1) is 11.0 Å². The maximum atomic E-state index is 11.2. The van der Waals surface area contributed by atoms with E-state index in [1.165, 1.54) is 12.1 Å². The Morgan fingerprint density at radius 1 is 1.32 bits per heavy atom. The molecule has 7 heteroatoms. The zero-order valence-corrected chi connectivity index (χ0v) is 10.6. The molecule has 2 atom stereocenters. The highest BCUT2D eigenvalue weighted by molar-refractivity contribution is 5.61. The third-order valence-electron chi connectivity index (χ3n) is 3.04. The fraction of sp³-hybridized carbons (Fsp3) is 0.417. The summed E-state index contributed by atoms with van der Waals surface area (Å²) in [4.78, 5) is 23.2. The molecule has 0 bridgehead atoms. The molecule has 1 fully saturated rings. The van der Waals surface area contributed by atoms with Crippen LogP contribution >= 0.6 is 0 Å². The molecular formula is C12H14N2O5. The Morgan fingerprint density at radius 3 is 2.47 bits per heavy atom. The number of benzene rings is 1. The number of nitro groups is 1. The van der Waals surface area contributed by atoms with Gasteiger partial charge in [-0.25, -0.2) is 4.79 Å². The number of nitro benzene ring substituents is 1. The molecule has 1 aromatic carbocycles. The van der Waals surface area contributed by atoms with Crippen LogP contribution in [0, 0.1) is 10.1 Å². The Labute approximate surface area is 109 Å². The van der Waals surface area contributed by atoms with Crippen molar-refractivity contribution in [2.24, 2.45) is 0 Å². The Hall–Kier alpha value is -2.15. The molecule has 1 aromatic rings. The second kappa shape index (κ2) is 5.23. The van der Waals surface area contributed by atoms with Crippen LogP contribution in [0.15, 0.2) is 24.3 Å². The number of carbonyl (C=O) groups excluding carboxylic acids is 1. The molecule has 7 nitrogen and oxygen atoms in total. The minimum Gasteiger partial charge on any atom is -0.432 e. The fourth-order valence-corrected chi connectivity index (χ4v) is 1.95.